The number of piperidine rings is 1. The molecule has 1 unspecified atom stereocenters. The first-order valence-electron chi connectivity index (χ1n) is 11.1. The maximum Gasteiger partial charge on any atom is 0.264 e. The van der Waals surface area contributed by atoms with E-state index in [0.29, 0.717) is 25.2 Å². The average molecular weight is 461 g/mol. The van der Waals surface area contributed by atoms with E-state index in [1.165, 1.54) is 6.07 Å². The third-order valence-corrected chi connectivity index (χ3v) is 6.55. The van der Waals surface area contributed by atoms with Gasteiger partial charge in [0.15, 0.2) is 0 Å². The van der Waals surface area contributed by atoms with E-state index in [4.69, 9.17) is 5.73 Å². The zero-order chi connectivity index (χ0) is 24.0. The van der Waals surface area contributed by atoms with Crippen LogP contribution in [-0.4, -0.2) is 58.5 Å². The topological polar surface area (TPSA) is 142 Å². The van der Waals surface area contributed by atoms with Crippen LogP contribution in [0.3, 0.4) is 0 Å². The number of hydrogen-bond donors (Lipinski definition) is 3. The summed E-state index contributed by atoms with van der Waals surface area (Å²) in [7, 11) is 0. The molecule has 1 atom stereocenters. The van der Waals surface area contributed by atoms with Gasteiger partial charge in [0.2, 0.25) is 17.7 Å². The van der Waals surface area contributed by atoms with Gasteiger partial charge in [0.05, 0.1) is 17.7 Å². The van der Waals surface area contributed by atoms with E-state index in [9.17, 15) is 24.0 Å². The van der Waals surface area contributed by atoms with Crippen LogP contribution in [-0.2, 0) is 27.3 Å². The highest BCUT2D eigenvalue weighted by Crippen LogP contribution is 2.32. The van der Waals surface area contributed by atoms with Gasteiger partial charge in [-0.15, -0.1) is 0 Å². The third-order valence-electron chi connectivity index (χ3n) is 6.55. The summed E-state index contributed by atoms with van der Waals surface area (Å²) >= 11 is 0. The Morgan fingerprint density at radius 1 is 1.06 bits per heavy atom. The van der Waals surface area contributed by atoms with Gasteiger partial charge in [-0.3, -0.25) is 34.2 Å². The van der Waals surface area contributed by atoms with E-state index in [1.807, 2.05) is 18.2 Å². The van der Waals surface area contributed by atoms with Gasteiger partial charge in [-0.2, -0.15) is 0 Å². The van der Waals surface area contributed by atoms with Gasteiger partial charge in [0.25, 0.3) is 11.8 Å². The molecule has 4 N–H and O–H groups in total. The first kappa shape index (κ1) is 21.6. The Kier molecular flexibility index (Phi) is 5.27. The lowest BCUT2D eigenvalue weighted by Gasteiger charge is -2.30. The molecule has 0 spiro atoms. The molecule has 2 aromatic carbocycles. The molecule has 1 saturated heterocycles. The van der Waals surface area contributed by atoms with Gasteiger partial charge in [0, 0.05) is 30.9 Å². The summed E-state index contributed by atoms with van der Waals surface area (Å²) in [6.07, 6.45) is 0.800. The quantitative estimate of drug-likeness (QED) is 0.449. The van der Waals surface area contributed by atoms with Crippen molar-refractivity contribution in [2.45, 2.75) is 31.8 Å². The van der Waals surface area contributed by atoms with Crippen molar-refractivity contribution in [1.82, 2.24) is 15.1 Å². The Labute approximate surface area is 195 Å². The fourth-order valence-corrected chi connectivity index (χ4v) is 4.80. The number of rotatable bonds is 4. The van der Waals surface area contributed by atoms with Crippen LogP contribution < -0.4 is 16.4 Å². The van der Waals surface area contributed by atoms with Crippen LogP contribution in [0.2, 0.25) is 0 Å². The zero-order valence-electron chi connectivity index (χ0n) is 18.3. The number of nitrogens with two attached hydrogens (primary N) is 1. The van der Waals surface area contributed by atoms with Crippen molar-refractivity contribution in [3.8, 4) is 0 Å². The summed E-state index contributed by atoms with van der Waals surface area (Å²) in [5.74, 6) is -2.45. The van der Waals surface area contributed by atoms with E-state index < -0.39 is 29.7 Å². The summed E-state index contributed by atoms with van der Waals surface area (Å²) in [6, 6.07) is 9.38. The minimum atomic E-state index is -1.04. The minimum Gasteiger partial charge on any atom is -0.398 e. The highest BCUT2D eigenvalue weighted by Gasteiger charge is 2.45. The molecule has 3 aliphatic rings. The molecule has 5 amide bonds. The lowest BCUT2D eigenvalue weighted by molar-refractivity contribution is -0.136. The van der Waals surface area contributed by atoms with Crippen LogP contribution in [0.1, 0.15) is 44.7 Å². The Bertz CT molecular complexity index is 1260. The number of imide groups is 2. The Morgan fingerprint density at radius 2 is 1.85 bits per heavy atom. The van der Waals surface area contributed by atoms with Crippen LogP contribution in [0, 0.1) is 0 Å². The molecular weight excluding hydrogens is 438 g/mol. The van der Waals surface area contributed by atoms with Gasteiger partial charge in [-0.1, -0.05) is 18.2 Å². The summed E-state index contributed by atoms with van der Waals surface area (Å²) in [5, 5.41) is 5.18. The van der Waals surface area contributed by atoms with Crippen molar-refractivity contribution in [1.29, 1.82) is 0 Å². The first-order chi connectivity index (χ1) is 16.3. The van der Waals surface area contributed by atoms with Crippen molar-refractivity contribution in [2.75, 3.05) is 24.1 Å². The number of nitrogens with one attached hydrogen (secondary N) is 2. The average Bonchev–Trinajstić information content (AvgIpc) is 3.08. The van der Waals surface area contributed by atoms with Gasteiger partial charge < -0.3 is 16.0 Å². The lowest BCUT2D eigenvalue weighted by Crippen LogP contribution is -2.54. The molecule has 0 aliphatic carbocycles. The van der Waals surface area contributed by atoms with E-state index in [-0.39, 0.29) is 36.4 Å². The number of carbonyl (C=O) groups excluding carboxylic acids is 5. The molecule has 0 radical (unpaired) electrons. The van der Waals surface area contributed by atoms with E-state index >= 15 is 0 Å². The summed E-state index contributed by atoms with van der Waals surface area (Å²) < 4.78 is 0. The Hall–Kier alpha value is -4.21. The SMILES string of the molecule is Nc1cccc2c1CCN(C(=O)CNc1cccc3c1C(=O)N(C1CCC(=O)NC1=O)C3=O)C2. The molecule has 0 bridgehead atoms. The van der Waals surface area contributed by atoms with Crippen LogP contribution in [0.5, 0.6) is 0 Å². The summed E-state index contributed by atoms with van der Waals surface area (Å²) in [4.78, 5) is 65.3. The molecule has 34 heavy (non-hydrogen) atoms. The number of benzene rings is 2. The van der Waals surface area contributed by atoms with Crippen molar-refractivity contribution in [2.24, 2.45) is 0 Å². The second-order valence-corrected chi connectivity index (χ2v) is 8.58. The largest absolute Gasteiger partial charge is 0.398 e. The van der Waals surface area contributed by atoms with Gasteiger partial charge in [-0.25, -0.2) is 0 Å². The van der Waals surface area contributed by atoms with Crippen LogP contribution in [0.4, 0.5) is 11.4 Å². The molecule has 3 aliphatic heterocycles. The van der Waals surface area contributed by atoms with Gasteiger partial charge in [0.1, 0.15) is 6.04 Å². The van der Waals surface area contributed by atoms with Crippen molar-refractivity contribution in [3.05, 3.63) is 58.7 Å². The molecule has 5 rings (SSSR count). The van der Waals surface area contributed by atoms with Crippen LogP contribution >= 0.6 is 0 Å². The van der Waals surface area contributed by atoms with Gasteiger partial charge >= 0.3 is 0 Å². The number of carbonyl (C=O) groups is 5. The van der Waals surface area contributed by atoms with Crippen molar-refractivity contribution in [3.63, 3.8) is 0 Å². The number of amides is 5. The molecule has 10 nitrogen and oxygen atoms in total. The smallest absolute Gasteiger partial charge is 0.264 e. The Balaban J connectivity index is 1.31. The molecule has 2 aromatic rings. The lowest BCUT2D eigenvalue weighted by atomic mass is 9.98. The van der Waals surface area contributed by atoms with Crippen molar-refractivity contribution < 1.29 is 24.0 Å². The van der Waals surface area contributed by atoms with Gasteiger partial charge in [-0.05, 0) is 42.2 Å². The van der Waals surface area contributed by atoms with Crippen LogP contribution in [0.15, 0.2) is 36.4 Å². The molecule has 3 heterocycles. The summed E-state index contributed by atoms with van der Waals surface area (Å²) in [5.41, 5.74) is 9.48. The second-order valence-electron chi connectivity index (χ2n) is 8.58. The van der Waals surface area contributed by atoms with Crippen LogP contribution in [0.25, 0.3) is 0 Å². The first-order valence-corrected chi connectivity index (χ1v) is 11.1. The van der Waals surface area contributed by atoms with E-state index in [0.717, 1.165) is 21.7 Å². The maximum absolute atomic E-state index is 13.2. The Morgan fingerprint density at radius 3 is 2.65 bits per heavy atom. The second kappa shape index (κ2) is 8.29. The predicted octanol–water partition coefficient (Wildman–Crippen LogP) is 0.667. The molecule has 0 saturated carbocycles. The fourth-order valence-electron chi connectivity index (χ4n) is 4.80. The standard InChI is InChI=1S/C24H23N5O5/c25-16-5-1-3-13-12-28(10-9-14(13)16)20(31)11-26-17-6-2-4-15-21(17)24(34)29(23(15)33)18-7-8-19(30)27-22(18)32/h1-6,18,26H,7-12,25H2,(H,27,30,32). The third kappa shape index (κ3) is 3.57. The highest BCUT2D eigenvalue weighted by molar-refractivity contribution is 6.25. The zero-order valence-corrected chi connectivity index (χ0v) is 18.3. The molecule has 1 fully saturated rings. The number of nitrogens with zero attached hydrogens (tertiary/aromatic N) is 2. The molecule has 10 heteroatoms. The molecular formula is C24H23N5O5. The minimum absolute atomic E-state index is 0.0496. The maximum atomic E-state index is 13.2. The fraction of sp³-hybridized carbons (Fsp3) is 0.292. The number of fused-ring (bicyclic) bond motifs is 2. The van der Waals surface area contributed by atoms with Crippen molar-refractivity contribution >= 4 is 40.9 Å². The number of hydrogen-bond acceptors (Lipinski definition) is 7. The predicted molar refractivity (Wildman–Crippen MR) is 122 cm³/mol. The normalized spacial score (nSPS) is 19.6. The van der Waals surface area contributed by atoms with E-state index in [2.05, 4.69) is 10.6 Å². The summed E-state index contributed by atoms with van der Waals surface area (Å²) in [6.45, 7) is 0.928. The number of anilines is 2. The number of nitrogen functional groups attached to an aromatic ring is 1. The monoisotopic (exact) mass is 461 g/mol. The highest BCUT2D eigenvalue weighted by atomic mass is 16.2. The molecule has 0 aromatic heterocycles. The molecule has 174 valence electrons. The van der Waals surface area contributed by atoms with E-state index in [1.54, 1.807) is 17.0 Å².